The van der Waals surface area contributed by atoms with E-state index in [-0.39, 0.29) is 16.6 Å². The molecule has 8 aromatic heterocycles. The molecule has 8 heterocycles. The number of aromatic nitrogens is 12. The summed E-state index contributed by atoms with van der Waals surface area (Å²) in [5.74, 6) is 5.43. The Balaban J connectivity index is 0.000000275. The van der Waals surface area contributed by atoms with Gasteiger partial charge in [-0.3, -0.25) is 38.2 Å². The van der Waals surface area contributed by atoms with Crippen molar-refractivity contribution in [3.8, 4) is 0 Å². The summed E-state index contributed by atoms with van der Waals surface area (Å²) in [7, 11) is 7.53. The van der Waals surface area contributed by atoms with Crippen molar-refractivity contribution in [3.63, 3.8) is 0 Å². The molecule has 0 bridgehead atoms. The second-order valence-corrected chi connectivity index (χ2v) is 17.8. The maximum atomic E-state index is 11.3. The first-order chi connectivity index (χ1) is 36.9. The minimum atomic E-state index is -0.313. The zero-order valence-electron chi connectivity index (χ0n) is 44.8. The van der Waals surface area contributed by atoms with Crippen LogP contribution in [-0.2, 0) is 42.5 Å². The summed E-state index contributed by atoms with van der Waals surface area (Å²) in [6.07, 6.45) is 25.8. The summed E-state index contributed by atoms with van der Waals surface area (Å²) in [5, 5.41) is 28.5. The predicted octanol–water partition coefficient (Wildman–Crippen LogP) is 10.2. The van der Waals surface area contributed by atoms with E-state index in [0.29, 0.717) is 25.3 Å². The summed E-state index contributed by atoms with van der Waals surface area (Å²) in [6, 6.07) is 30.8. The summed E-state index contributed by atoms with van der Waals surface area (Å²) in [5.41, 5.74) is 6.91. The zero-order chi connectivity index (χ0) is 54.6. The number of nitrogens with two attached hydrogens (primary N) is 1. The van der Waals surface area contributed by atoms with Gasteiger partial charge < -0.3 is 25.6 Å². The third kappa shape index (κ3) is 26.8. The average molecular weight is 1130 g/mol. The highest BCUT2D eigenvalue weighted by molar-refractivity contribution is 9.10. The lowest BCUT2D eigenvalue weighted by Crippen LogP contribution is -2.20. The van der Waals surface area contributed by atoms with Crippen LogP contribution < -0.4 is 26.3 Å². The Hall–Kier alpha value is -8.05. The van der Waals surface area contributed by atoms with E-state index < -0.39 is 0 Å². The standard InChI is InChI=1S/C19H28N4O2.C17H25N5O2.C9H10N4.C5H4BrN.C4H7N3.FH/c1-3-25-19(24)12-7-5-4-6-10-15-23(17-11-8-9-14-20-17)18-13-16-22(2)21-18;1-21-14-11-16(19-21)22(15-9-6-7-12-18-15)13-8-4-2-3-5-10-17(23)20-24;1-13-7-5-9(12-13)11-8-4-2-3-6-10-8;6-5-3-1-2-4-7-5;1-7-3-2-4(5)6-7;/h8-9,11,13-14,16H,3-7,10,12,15H2,1-2H3;6-7,9,11-12,14,24H,2-5,8,10,13H2,1H3,(H,20,23);2-7H,1H3,(H,10,11,12);1-4H;2-3H,1H3,(H2,5,6);1H. The van der Waals surface area contributed by atoms with Gasteiger partial charge in [-0.2, -0.15) is 20.4 Å². The maximum Gasteiger partial charge on any atom is 0.305 e. The van der Waals surface area contributed by atoms with E-state index in [9.17, 15) is 9.59 Å². The number of amides is 1. The molecule has 23 heteroatoms. The largest absolute Gasteiger partial charge is 0.466 e. The van der Waals surface area contributed by atoms with Crippen molar-refractivity contribution in [3.05, 3.63) is 151 Å². The molecule has 0 radical (unpaired) electrons. The van der Waals surface area contributed by atoms with E-state index in [2.05, 4.69) is 71.4 Å². The number of hydroxylamine groups is 1. The predicted molar refractivity (Wildman–Crippen MR) is 304 cm³/mol. The zero-order valence-corrected chi connectivity index (χ0v) is 46.3. The van der Waals surface area contributed by atoms with Gasteiger partial charge in [-0.1, -0.05) is 62.8 Å². The summed E-state index contributed by atoms with van der Waals surface area (Å²) >= 11 is 3.20. The number of carbonyl (C=O) groups excluding carboxylic acids is 2. The Kier molecular flexibility index (Phi) is 30.9. The average Bonchev–Trinajstić information content (AvgIpc) is 4.26. The van der Waals surface area contributed by atoms with Crippen LogP contribution in [0.1, 0.15) is 84.0 Å². The number of pyridine rings is 4. The van der Waals surface area contributed by atoms with Crippen molar-refractivity contribution in [2.75, 3.05) is 40.5 Å². The number of halogens is 2. The highest BCUT2D eigenvalue weighted by Crippen LogP contribution is 2.24. The van der Waals surface area contributed by atoms with Gasteiger partial charge in [0.1, 0.15) is 27.9 Å². The van der Waals surface area contributed by atoms with Gasteiger partial charge in [0.15, 0.2) is 17.5 Å². The van der Waals surface area contributed by atoms with Gasteiger partial charge in [0, 0.05) is 122 Å². The van der Waals surface area contributed by atoms with Crippen LogP contribution in [0.15, 0.2) is 151 Å². The first-order valence-corrected chi connectivity index (χ1v) is 26.2. The van der Waals surface area contributed by atoms with Crippen LogP contribution in [0.2, 0.25) is 0 Å². The maximum absolute atomic E-state index is 11.3. The van der Waals surface area contributed by atoms with Crippen molar-refractivity contribution in [2.45, 2.75) is 84.0 Å². The Labute approximate surface area is 459 Å². The van der Waals surface area contributed by atoms with Crippen LogP contribution in [-0.4, -0.2) is 95.8 Å². The fourth-order valence-corrected chi connectivity index (χ4v) is 7.35. The lowest BCUT2D eigenvalue weighted by molar-refractivity contribution is -0.143. The molecule has 8 rings (SSSR count). The molecule has 8 aromatic rings. The van der Waals surface area contributed by atoms with E-state index in [1.54, 1.807) is 61.3 Å². The number of esters is 1. The second kappa shape index (κ2) is 37.6. The summed E-state index contributed by atoms with van der Waals surface area (Å²) in [4.78, 5) is 43.4. The molecule has 0 saturated carbocycles. The smallest absolute Gasteiger partial charge is 0.305 e. The molecule has 0 atom stereocenters. The van der Waals surface area contributed by atoms with E-state index in [1.807, 2.05) is 145 Å². The fourth-order valence-electron chi connectivity index (χ4n) is 7.08. The summed E-state index contributed by atoms with van der Waals surface area (Å²) < 4.78 is 12.8. The van der Waals surface area contributed by atoms with Crippen LogP contribution in [0.5, 0.6) is 0 Å². The lowest BCUT2D eigenvalue weighted by Gasteiger charge is -2.21. The normalized spacial score (nSPS) is 10.1. The third-order valence-electron chi connectivity index (χ3n) is 10.8. The number of aryl methyl sites for hydroxylation is 4. The van der Waals surface area contributed by atoms with Gasteiger partial charge in [-0.05, 0) is 103 Å². The Morgan fingerprint density at radius 1 is 0.545 bits per heavy atom. The number of nitrogens with zero attached hydrogens (tertiary/aromatic N) is 14. The lowest BCUT2D eigenvalue weighted by atomic mass is 10.1. The second-order valence-electron chi connectivity index (χ2n) is 17.0. The first-order valence-electron chi connectivity index (χ1n) is 25.4. The SMILES string of the molecule is Brc1ccccn1.CCOC(=O)CCCCCCCN(c1ccccn1)c1ccn(C)n1.Cn1ccc(N(CCCCCCCC(=O)NO)c2ccccn2)n1.Cn1ccc(N)n1.Cn1ccc(Nc2ccccn2)n1.F. The molecule has 0 fully saturated rings. The molecule has 0 aliphatic heterocycles. The van der Waals surface area contributed by atoms with Gasteiger partial charge in [0.2, 0.25) is 5.91 Å². The number of carbonyl (C=O) groups is 2. The Bertz CT molecular complexity index is 2730. The molecular weight excluding hydrogens is 1050 g/mol. The number of unbranched alkanes of at least 4 members (excludes halogenated alkanes) is 8. The molecule has 77 heavy (non-hydrogen) atoms. The highest BCUT2D eigenvalue weighted by Gasteiger charge is 2.14. The molecule has 0 aromatic carbocycles. The van der Waals surface area contributed by atoms with E-state index >= 15 is 0 Å². The van der Waals surface area contributed by atoms with Crippen molar-refractivity contribution >= 4 is 68.5 Å². The van der Waals surface area contributed by atoms with Crippen molar-refractivity contribution < 1.29 is 24.2 Å². The van der Waals surface area contributed by atoms with Gasteiger partial charge in [0.25, 0.3) is 0 Å². The number of nitrogen functional groups attached to an aromatic ring is 1. The van der Waals surface area contributed by atoms with E-state index in [0.717, 1.165) is 117 Å². The molecule has 0 unspecified atom stereocenters. The Morgan fingerprint density at radius 3 is 1.39 bits per heavy atom. The minimum Gasteiger partial charge on any atom is -0.466 e. The minimum absolute atomic E-state index is 0. The quantitative estimate of drug-likeness (QED) is 0.0153. The topological polar surface area (TPSA) is 243 Å². The van der Waals surface area contributed by atoms with Crippen LogP contribution >= 0.6 is 15.9 Å². The molecule has 0 spiro atoms. The molecular formula is C54H75BrFN17O4. The van der Waals surface area contributed by atoms with E-state index in [1.165, 1.54) is 0 Å². The van der Waals surface area contributed by atoms with Crippen molar-refractivity contribution in [1.82, 2.24) is 64.5 Å². The molecule has 21 nitrogen and oxygen atoms in total. The number of nitrogens with one attached hydrogen (secondary N) is 2. The van der Waals surface area contributed by atoms with Gasteiger partial charge in [0.05, 0.1) is 6.61 Å². The fraction of sp³-hybridized carbons (Fsp3) is 0.370. The van der Waals surface area contributed by atoms with Crippen LogP contribution in [0.3, 0.4) is 0 Å². The molecule has 0 aliphatic carbocycles. The van der Waals surface area contributed by atoms with Crippen LogP contribution in [0.25, 0.3) is 0 Å². The molecule has 1 amide bonds. The van der Waals surface area contributed by atoms with Gasteiger partial charge in [-0.25, -0.2) is 25.4 Å². The molecule has 0 saturated heterocycles. The first kappa shape index (κ1) is 63.2. The third-order valence-corrected chi connectivity index (χ3v) is 11.2. The van der Waals surface area contributed by atoms with Gasteiger partial charge >= 0.3 is 5.97 Å². The van der Waals surface area contributed by atoms with Gasteiger partial charge in [-0.15, -0.1) is 0 Å². The van der Waals surface area contributed by atoms with Crippen LogP contribution in [0, 0.1) is 0 Å². The van der Waals surface area contributed by atoms with Crippen LogP contribution in [0.4, 0.5) is 45.4 Å². The number of hydrogen-bond acceptors (Lipinski definition) is 16. The van der Waals surface area contributed by atoms with Crippen molar-refractivity contribution in [2.24, 2.45) is 28.2 Å². The van der Waals surface area contributed by atoms with E-state index in [4.69, 9.17) is 15.7 Å². The highest BCUT2D eigenvalue weighted by atomic mass is 79.9. The number of rotatable bonds is 23. The van der Waals surface area contributed by atoms with Crippen molar-refractivity contribution in [1.29, 1.82) is 0 Å². The number of anilines is 7. The molecule has 0 aliphatic rings. The Morgan fingerprint density at radius 2 is 1.01 bits per heavy atom. The molecule has 5 N–H and O–H groups in total. The number of ether oxygens (including phenoxy) is 1. The summed E-state index contributed by atoms with van der Waals surface area (Å²) in [6.45, 7) is 4.04. The monoisotopic (exact) mass is 1120 g/mol. The number of hydrogen-bond donors (Lipinski definition) is 4. The molecule has 414 valence electrons.